The van der Waals surface area contributed by atoms with Crippen LogP contribution >= 0.6 is 0 Å². The number of piperazine rings is 1. The van der Waals surface area contributed by atoms with E-state index in [0.717, 1.165) is 41.2 Å². The minimum Gasteiger partial charge on any atom is -0.368 e. The Morgan fingerprint density at radius 1 is 0.871 bits per heavy atom. The SMILES string of the molecule is Cc1ccccc1N1CCN(C(=O)c2c(C)c(C)c(C)n2Cc2ccc(F)cc2)CC1. The molecule has 3 aromatic rings. The van der Waals surface area contributed by atoms with Crippen LogP contribution in [0.2, 0.25) is 0 Å². The lowest BCUT2D eigenvalue weighted by atomic mass is 10.1. The van der Waals surface area contributed by atoms with Crippen molar-refractivity contribution in [1.29, 1.82) is 0 Å². The van der Waals surface area contributed by atoms with Crippen molar-refractivity contribution in [3.05, 3.63) is 88.0 Å². The Morgan fingerprint density at radius 3 is 2.16 bits per heavy atom. The first-order valence-corrected chi connectivity index (χ1v) is 10.9. The average molecular weight is 420 g/mol. The summed E-state index contributed by atoms with van der Waals surface area (Å²) in [5.74, 6) is -0.164. The molecule has 1 aromatic heterocycles. The maximum absolute atomic E-state index is 13.6. The third-order valence-electron chi connectivity index (χ3n) is 6.61. The first-order valence-electron chi connectivity index (χ1n) is 10.9. The molecule has 1 saturated heterocycles. The molecule has 1 aliphatic heterocycles. The number of hydrogen-bond acceptors (Lipinski definition) is 2. The van der Waals surface area contributed by atoms with Gasteiger partial charge in [0.05, 0.1) is 0 Å². The number of carbonyl (C=O) groups excluding carboxylic acids is 1. The molecule has 1 amide bonds. The summed E-state index contributed by atoms with van der Waals surface area (Å²) >= 11 is 0. The van der Waals surface area contributed by atoms with Gasteiger partial charge < -0.3 is 14.4 Å². The van der Waals surface area contributed by atoms with Crippen LogP contribution in [-0.4, -0.2) is 41.6 Å². The van der Waals surface area contributed by atoms with E-state index in [0.29, 0.717) is 19.6 Å². The summed E-state index contributed by atoms with van der Waals surface area (Å²) in [5.41, 5.74) is 7.51. The number of aromatic nitrogens is 1. The summed E-state index contributed by atoms with van der Waals surface area (Å²) in [6.07, 6.45) is 0. The number of hydrogen-bond donors (Lipinski definition) is 0. The van der Waals surface area contributed by atoms with Crippen molar-refractivity contribution in [2.45, 2.75) is 34.2 Å². The second-order valence-electron chi connectivity index (χ2n) is 8.46. The molecule has 0 saturated carbocycles. The monoisotopic (exact) mass is 419 g/mol. The first-order chi connectivity index (χ1) is 14.9. The molecule has 162 valence electrons. The summed E-state index contributed by atoms with van der Waals surface area (Å²) in [7, 11) is 0. The van der Waals surface area contributed by atoms with Crippen molar-refractivity contribution in [1.82, 2.24) is 9.47 Å². The van der Waals surface area contributed by atoms with Crippen LogP contribution in [0.3, 0.4) is 0 Å². The molecule has 0 N–H and O–H groups in total. The molecule has 0 radical (unpaired) electrons. The molecule has 1 aliphatic rings. The Morgan fingerprint density at radius 2 is 1.52 bits per heavy atom. The van der Waals surface area contributed by atoms with Gasteiger partial charge in [-0.2, -0.15) is 0 Å². The highest BCUT2D eigenvalue weighted by Gasteiger charge is 2.28. The molecule has 4 rings (SSSR count). The Bertz CT molecular complexity index is 1090. The number of carbonyl (C=O) groups is 1. The molecule has 0 spiro atoms. The first kappa shape index (κ1) is 21.2. The summed E-state index contributed by atoms with van der Waals surface area (Å²) < 4.78 is 15.4. The predicted molar refractivity (Wildman–Crippen MR) is 123 cm³/mol. The van der Waals surface area contributed by atoms with Crippen LogP contribution in [0.25, 0.3) is 0 Å². The van der Waals surface area contributed by atoms with Crippen LogP contribution in [-0.2, 0) is 6.54 Å². The molecule has 2 aromatic carbocycles. The van der Waals surface area contributed by atoms with E-state index in [1.54, 1.807) is 12.1 Å². The van der Waals surface area contributed by atoms with Gasteiger partial charge in [-0.1, -0.05) is 30.3 Å². The van der Waals surface area contributed by atoms with Crippen LogP contribution in [0.15, 0.2) is 48.5 Å². The van der Waals surface area contributed by atoms with E-state index in [1.807, 2.05) is 11.8 Å². The molecule has 5 heteroatoms. The van der Waals surface area contributed by atoms with Crippen LogP contribution in [0.1, 0.15) is 38.4 Å². The fraction of sp³-hybridized carbons (Fsp3) is 0.346. The van der Waals surface area contributed by atoms with E-state index in [2.05, 4.69) is 54.5 Å². The number of para-hydroxylation sites is 1. The third kappa shape index (κ3) is 4.09. The van der Waals surface area contributed by atoms with E-state index >= 15 is 0 Å². The standard InChI is InChI=1S/C26H30FN3O/c1-18-7-5-6-8-24(18)28-13-15-29(16-14-28)26(31)25-20(3)19(2)21(4)30(25)17-22-9-11-23(27)12-10-22/h5-12H,13-17H2,1-4H3. The lowest BCUT2D eigenvalue weighted by molar-refractivity contribution is 0.0735. The average Bonchev–Trinajstić information content (AvgIpc) is 2.99. The number of halogens is 1. The second-order valence-corrected chi connectivity index (χ2v) is 8.46. The van der Waals surface area contributed by atoms with Gasteiger partial charge in [0.2, 0.25) is 0 Å². The van der Waals surface area contributed by atoms with Gasteiger partial charge in [-0.05, 0) is 68.1 Å². The second kappa shape index (κ2) is 8.58. The number of aryl methyl sites for hydroxylation is 1. The lowest BCUT2D eigenvalue weighted by Crippen LogP contribution is -2.49. The Kier molecular flexibility index (Phi) is 5.86. The van der Waals surface area contributed by atoms with Gasteiger partial charge >= 0.3 is 0 Å². The molecule has 0 unspecified atom stereocenters. The summed E-state index contributed by atoms with van der Waals surface area (Å²) in [6, 6.07) is 14.9. The largest absolute Gasteiger partial charge is 0.368 e. The van der Waals surface area contributed by atoms with E-state index in [9.17, 15) is 9.18 Å². The van der Waals surface area contributed by atoms with Gasteiger partial charge in [0, 0.05) is 44.1 Å². The van der Waals surface area contributed by atoms with E-state index in [-0.39, 0.29) is 11.7 Å². The molecule has 1 fully saturated rings. The fourth-order valence-corrected chi connectivity index (χ4v) is 4.49. The molecule has 31 heavy (non-hydrogen) atoms. The van der Waals surface area contributed by atoms with Gasteiger partial charge in [-0.15, -0.1) is 0 Å². The van der Waals surface area contributed by atoms with Crippen molar-refractivity contribution in [2.75, 3.05) is 31.1 Å². The van der Waals surface area contributed by atoms with Crippen LogP contribution < -0.4 is 4.90 Å². The Hall–Kier alpha value is -3.08. The quantitative estimate of drug-likeness (QED) is 0.604. The molecular formula is C26H30FN3O. The topological polar surface area (TPSA) is 28.5 Å². The maximum atomic E-state index is 13.6. The molecule has 0 aliphatic carbocycles. The number of amides is 1. The van der Waals surface area contributed by atoms with E-state index < -0.39 is 0 Å². The highest BCUT2D eigenvalue weighted by Crippen LogP contribution is 2.26. The maximum Gasteiger partial charge on any atom is 0.270 e. The number of anilines is 1. The number of benzene rings is 2. The molecule has 2 heterocycles. The molecule has 4 nitrogen and oxygen atoms in total. The summed E-state index contributed by atoms with van der Waals surface area (Å²) in [4.78, 5) is 17.9. The third-order valence-corrected chi connectivity index (χ3v) is 6.61. The van der Waals surface area contributed by atoms with Crippen LogP contribution in [0.4, 0.5) is 10.1 Å². The minimum atomic E-state index is -0.247. The molecule has 0 bridgehead atoms. The van der Waals surface area contributed by atoms with Crippen molar-refractivity contribution in [3.63, 3.8) is 0 Å². The van der Waals surface area contributed by atoms with Gasteiger partial charge in [-0.25, -0.2) is 4.39 Å². The zero-order chi connectivity index (χ0) is 22.1. The summed E-state index contributed by atoms with van der Waals surface area (Å²) in [6.45, 7) is 11.9. The summed E-state index contributed by atoms with van der Waals surface area (Å²) in [5, 5.41) is 0. The molecular weight excluding hydrogens is 389 g/mol. The number of nitrogens with zero attached hydrogens (tertiary/aromatic N) is 3. The number of rotatable bonds is 4. The zero-order valence-corrected chi connectivity index (χ0v) is 18.8. The zero-order valence-electron chi connectivity index (χ0n) is 18.8. The highest BCUT2D eigenvalue weighted by atomic mass is 19.1. The van der Waals surface area contributed by atoms with Crippen molar-refractivity contribution in [2.24, 2.45) is 0 Å². The highest BCUT2D eigenvalue weighted by molar-refractivity contribution is 5.95. The van der Waals surface area contributed by atoms with Gasteiger partial charge in [0.15, 0.2) is 0 Å². The smallest absolute Gasteiger partial charge is 0.270 e. The van der Waals surface area contributed by atoms with E-state index in [4.69, 9.17) is 0 Å². The van der Waals surface area contributed by atoms with E-state index in [1.165, 1.54) is 23.4 Å². The molecule has 0 atom stereocenters. The Balaban J connectivity index is 1.55. The lowest BCUT2D eigenvalue weighted by Gasteiger charge is -2.37. The van der Waals surface area contributed by atoms with Crippen molar-refractivity contribution >= 4 is 11.6 Å². The van der Waals surface area contributed by atoms with Gasteiger partial charge in [-0.3, -0.25) is 4.79 Å². The minimum absolute atomic E-state index is 0.0836. The fourth-order valence-electron chi connectivity index (χ4n) is 4.49. The van der Waals surface area contributed by atoms with Gasteiger partial charge in [0.1, 0.15) is 11.5 Å². The van der Waals surface area contributed by atoms with Crippen molar-refractivity contribution in [3.8, 4) is 0 Å². The van der Waals surface area contributed by atoms with Crippen LogP contribution in [0.5, 0.6) is 0 Å². The normalized spacial score (nSPS) is 14.2. The predicted octanol–water partition coefficient (Wildman–Crippen LogP) is 4.87. The Labute approximate surface area is 183 Å². The van der Waals surface area contributed by atoms with Crippen LogP contribution in [0, 0.1) is 33.5 Å². The van der Waals surface area contributed by atoms with Gasteiger partial charge in [0.25, 0.3) is 5.91 Å². The van der Waals surface area contributed by atoms with Crippen molar-refractivity contribution < 1.29 is 9.18 Å².